The molecule has 0 spiro atoms. The molecule has 30 heavy (non-hydrogen) atoms. The van der Waals surface area contributed by atoms with Gasteiger partial charge in [-0.25, -0.2) is 23.5 Å². The molecule has 1 amide bonds. The summed E-state index contributed by atoms with van der Waals surface area (Å²) in [6.07, 6.45) is 3.19. The van der Waals surface area contributed by atoms with Gasteiger partial charge in [-0.1, -0.05) is 29.8 Å². The lowest BCUT2D eigenvalue weighted by Gasteiger charge is -2.37. The molecule has 1 aliphatic rings. The van der Waals surface area contributed by atoms with Gasteiger partial charge in [-0.3, -0.25) is 5.10 Å². The average molecular weight is 415 g/mol. The highest BCUT2D eigenvalue weighted by Crippen LogP contribution is 2.36. The lowest BCUT2D eigenvalue weighted by atomic mass is 9.88. The van der Waals surface area contributed by atoms with E-state index in [9.17, 15) is 13.6 Å². The summed E-state index contributed by atoms with van der Waals surface area (Å²) in [5.74, 6) is -3.81. The molecule has 1 saturated heterocycles. The van der Waals surface area contributed by atoms with Gasteiger partial charge in [0.05, 0.1) is 23.8 Å². The van der Waals surface area contributed by atoms with Gasteiger partial charge in [0.15, 0.2) is 5.65 Å². The molecule has 1 aliphatic heterocycles. The van der Waals surface area contributed by atoms with Crippen LogP contribution in [0.2, 0.25) is 0 Å². The van der Waals surface area contributed by atoms with Crippen molar-refractivity contribution in [1.82, 2.24) is 25.1 Å². The molecule has 1 fully saturated rings. The van der Waals surface area contributed by atoms with Gasteiger partial charge < -0.3 is 9.64 Å². The topological polar surface area (TPSA) is 84.0 Å². The van der Waals surface area contributed by atoms with E-state index in [4.69, 9.17) is 4.74 Å². The van der Waals surface area contributed by atoms with E-state index in [-0.39, 0.29) is 26.0 Å². The number of fused-ring (bicyclic) bond motifs is 1. The second kappa shape index (κ2) is 8.33. The Labute approximate surface area is 172 Å². The smallest absolute Gasteiger partial charge is 0.410 e. The Bertz CT molecular complexity index is 1020. The Morgan fingerprint density at radius 1 is 1.30 bits per heavy atom. The first kappa shape index (κ1) is 20.2. The van der Waals surface area contributed by atoms with Crippen LogP contribution in [0.3, 0.4) is 0 Å². The zero-order chi connectivity index (χ0) is 21.1. The minimum atomic E-state index is -2.98. The predicted octanol–water partition coefficient (Wildman–Crippen LogP) is 3.89. The molecule has 1 atom stereocenters. The number of H-pyrrole nitrogens is 1. The maximum atomic E-state index is 14.7. The van der Waals surface area contributed by atoms with E-state index in [1.54, 1.807) is 6.20 Å². The largest absolute Gasteiger partial charge is 0.445 e. The fraction of sp³-hybridized carbons (Fsp3) is 0.429. The number of carbonyl (C=O) groups excluding carboxylic acids is 1. The van der Waals surface area contributed by atoms with Crippen molar-refractivity contribution in [2.45, 2.75) is 38.7 Å². The summed E-state index contributed by atoms with van der Waals surface area (Å²) in [7, 11) is 0. The summed E-state index contributed by atoms with van der Waals surface area (Å²) < 4.78 is 34.7. The third kappa shape index (κ3) is 4.39. The number of aryl methyl sites for hydroxylation is 2. The van der Waals surface area contributed by atoms with E-state index in [1.165, 1.54) is 6.33 Å². The highest BCUT2D eigenvalue weighted by molar-refractivity contribution is 5.76. The summed E-state index contributed by atoms with van der Waals surface area (Å²) in [4.78, 5) is 21.6. The van der Waals surface area contributed by atoms with Crippen LogP contribution in [0.5, 0.6) is 0 Å². The van der Waals surface area contributed by atoms with Gasteiger partial charge in [-0.05, 0) is 31.7 Å². The Hall–Kier alpha value is -3.10. The number of nitrogens with zero attached hydrogens (tertiary/aromatic N) is 4. The Balaban J connectivity index is 1.32. The maximum absolute atomic E-state index is 14.7. The molecular weight excluding hydrogens is 392 g/mol. The van der Waals surface area contributed by atoms with Crippen LogP contribution < -0.4 is 0 Å². The number of amides is 1. The van der Waals surface area contributed by atoms with Crippen molar-refractivity contribution in [3.05, 3.63) is 53.6 Å². The normalized spacial score (nSPS) is 18.5. The van der Waals surface area contributed by atoms with Crippen LogP contribution in [0.1, 0.15) is 29.7 Å². The molecule has 0 unspecified atom stereocenters. The maximum Gasteiger partial charge on any atom is 0.410 e. The quantitative estimate of drug-likeness (QED) is 0.684. The summed E-state index contributed by atoms with van der Waals surface area (Å²) >= 11 is 0. The molecular formula is C21H23F2N5O2. The first-order chi connectivity index (χ1) is 14.4. The number of aromatic amines is 1. The van der Waals surface area contributed by atoms with Gasteiger partial charge in [0.2, 0.25) is 0 Å². The van der Waals surface area contributed by atoms with E-state index >= 15 is 0 Å². The predicted molar refractivity (Wildman–Crippen MR) is 106 cm³/mol. The van der Waals surface area contributed by atoms with E-state index in [2.05, 4.69) is 20.2 Å². The van der Waals surface area contributed by atoms with E-state index in [1.807, 2.05) is 31.2 Å². The minimum Gasteiger partial charge on any atom is -0.445 e. The molecule has 2 aromatic heterocycles. The molecule has 0 saturated carbocycles. The van der Waals surface area contributed by atoms with Crippen LogP contribution in [-0.2, 0) is 17.8 Å². The van der Waals surface area contributed by atoms with Crippen molar-refractivity contribution in [2.75, 3.05) is 13.1 Å². The number of hydrogen-bond donors (Lipinski definition) is 1. The number of nitrogens with one attached hydrogen (secondary N) is 1. The third-order valence-corrected chi connectivity index (χ3v) is 5.55. The fourth-order valence-corrected chi connectivity index (χ4v) is 3.74. The number of benzene rings is 1. The van der Waals surface area contributed by atoms with Gasteiger partial charge in [-0.2, -0.15) is 5.10 Å². The summed E-state index contributed by atoms with van der Waals surface area (Å²) in [5, 5.41) is 7.42. The summed E-state index contributed by atoms with van der Waals surface area (Å²) in [5.41, 5.74) is 3.22. The first-order valence-electron chi connectivity index (χ1n) is 9.90. The second-order valence-electron chi connectivity index (χ2n) is 7.70. The van der Waals surface area contributed by atoms with Crippen LogP contribution >= 0.6 is 0 Å². The van der Waals surface area contributed by atoms with Crippen LogP contribution in [0.4, 0.5) is 13.6 Å². The number of carbonyl (C=O) groups is 1. The molecule has 1 N–H and O–H groups in total. The first-order valence-corrected chi connectivity index (χ1v) is 9.90. The average Bonchev–Trinajstić information content (AvgIpc) is 3.21. The number of aromatic nitrogens is 4. The van der Waals surface area contributed by atoms with Gasteiger partial charge in [-0.15, -0.1) is 0 Å². The molecule has 0 radical (unpaired) electrons. The number of halogens is 2. The number of rotatable bonds is 5. The molecule has 0 bridgehead atoms. The van der Waals surface area contributed by atoms with Gasteiger partial charge in [0, 0.05) is 12.5 Å². The monoisotopic (exact) mass is 415 g/mol. The summed E-state index contributed by atoms with van der Waals surface area (Å²) in [6, 6.07) is 7.54. The molecule has 9 heteroatoms. The van der Waals surface area contributed by atoms with E-state index in [0.717, 1.165) is 21.4 Å². The summed E-state index contributed by atoms with van der Waals surface area (Å²) in [6.45, 7) is 1.65. The number of piperidine rings is 1. The lowest BCUT2D eigenvalue weighted by molar-refractivity contribution is -0.108. The minimum absolute atomic E-state index is 0.0685. The lowest BCUT2D eigenvalue weighted by Crippen LogP contribution is -2.50. The molecule has 3 heterocycles. The Morgan fingerprint density at radius 2 is 2.10 bits per heavy atom. The molecule has 0 aliphatic carbocycles. The SMILES string of the molecule is Cc1ccc(COC(=O)N2CC[C@H](CCc3ncnc4[nH]ncc34)C(F)(F)C2)cc1. The van der Waals surface area contributed by atoms with Crippen molar-refractivity contribution >= 4 is 17.1 Å². The standard InChI is InChI=1S/C21H23F2N5O2/c1-14-2-4-15(5-3-14)11-30-20(29)28-9-8-16(21(22,23)12-28)6-7-18-17-10-26-27-19(17)25-13-24-18/h2-5,10,13,16H,6-9,11-12H2,1H3,(H,24,25,26,27)/t16-/m0/s1. The fourth-order valence-electron chi connectivity index (χ4n) is 3.74. The van der Waals surface area contributed by atoms with Gasteiger partial charge >= 0.3 is 6.09 Å². The number of hydrogen-bond acceptors (Lipinski definition) is 5. The zero-order valence-corrected chi connectivity index (χ0v) is 16.6. The van der Waals surface area contributed by atoms with Crippen LogP contribution in [-0.4, -0.2) is 50.2 Å². The Morgan fingerprint density at radius 3 is 2.87 bits per heavy atom. The van der Waals surface area contributed by atoms with Crippen LogP contribution in [0, 0.1) is 12.8 Å². The zero-order valence-electron chi connectivity index (χ0n) is 16.6. The number of likely N-dealkylation sites (tertiary alicyclic amines) is 1. The molecule has 3 aromatic rings. The van der Waals surface area contributed by atoms with Crippen molar-refractivity contribution in [3.63, 3.8) is 0 Å². The van der Waals surface area contributed by atoms with Gasteiger partial charge in [0.1, 0.15) is 12.9 Å². The highest BCUT2D eigenvalue weighted by Gasteiger charge is 2.45. The third-order valence-electron chi connectivity index (χ3n) is 5.55. The number of alkyl halides is 2. The van der Waals surface area contributed by atoms with E-state index in [0.29, 0.717) is 17.8 Å². The molecule has 1 aromatic carbocycles. The Kier molecular flexibility index (Phi) is 5.61. The van der Waals surface area contributed by atoms with Crippen molar-refractivity contribution in [1.29, 1.82) is 0 Å². The highest BCUT2D eigenvalue weighted by atomic mass is 19.3. The molecule has 158 valence electrons. The van der Waals surface area contributed by atoms with Crippen molar-refractivity contribution in [3.8, 4) is 0 Å². The van der Waals surface area contributed by atoms with Crippen molar-refractivity contribution < 1.29 is 18.3 Å². The number of ether oxygens (including phenoxy) is 1. The molecule has 7 nitrogen and oxygen atoms in total. The van der Waals surface area contributed by atoms with Crippen LogP contribution in [0.15, 0.2) is 36.8 Å². The second-order valence-corrected chi connectivity index (χ2v) is 7.70. The van der Waals surface area contributed by atoms with E-state index < -0.39 is 24.5 Å². The van der Waals surface area contributed by atoms with Crippen LogP contribution in [0.25, 0.3) is 11.0 Å². The van der Waals surface area contributed by atoms with Gasteiger partial charge in [0.25, 0.3) is 5.92 Å². The van der Waals surface area contributed by atoms with Crippen molar-refractivity contribution in [2.24, 2.45) is 5.92 Å². The molecule has 4 rings (SSSR count).